The zero-order chi connectivity index (χ0) is 12.4. The summed E-state index contributed by atoms with van der Waals surface area (Å²) in [5.74, 6) is -1.39. The van der Waals surface area contributed by atoms with Crippen LogP contribution in [0.15, 0.2) is 30.3 Å². The van der Waals surface area contributed by atoms with Crippen LogP contribution in [0.25, 0.3) is 11.3 Å². The second-order valence-electron chi connectivity index (χ2n) is 3.60. The van der Waals surface area contributed by atoms with Gasteiger partial charge in [-0.25, -0.2) is 13.8 Å². The van der Waals surface area contributed by atoms with E-state index < -0.39 is 11.6 Å². The number of hydrogen-bond donors (Lipinski definition) is 0. The smallest absolute Gasteiger partial charge is 0.168 e. The Morgan fingerprint density at radius 3 is 2.59 bits per heavy atom. The molecule has 1 aromatic heterocycles. The van der Waals surface area contributed by atoms with Crippen molar-refractivity contribution in [2.24, 2.45) is 0 Å². The van der Waals surface area contributed by atoms with Crippen molar-refractivity contribution < 1.29 is 13.5 Å². The number of rotatable bonds is 2. The first-order valence-electron chi connectivity index (χ1n) is 5.09. The highest BCUT2D eigenvalue weighted by molar-refractivity contribution is 5.67. The molecule has 0 aliphatic heterocycles. The van der Waals surface area contributed by atoms with E-state index in [1.54, 1.807) is 19.1 Å². The van der Waals surface area contributed by atoms with E-state index >= 15 is 0 Å². The van der Waals surface area contributed by atoms with Crippen molar-refractivity contribution >= 4 is 0 Å². The molecule has 0 aliphatic carbocycles. The minimum atomic E-state index is -0.913. The molecule has 0 fully saturated rings. The van der Waals surface area contributed by atoms with Crippen molar-refractivity contribution in [3.8, 4) is 17.0 Å². The van der Waals surface area contributed by atoms with E-state index in [-0.39, 0.29) is 5.56 Å². The lowest BCUT2D eigenvalue weighted by atomic mass is 10.1. The molecule has 0 N–H and O–H groups in total. The van der Waals surface area contributed by atoms with Crippen LogP contribution in [0.3, 0.4) is 0 Å². The lowest BCUT2D eigenvalue weighted by molar-refractivity contribution is 0.414. The summed E-state index contributed by atoms with van der Waals surface area (Å²) in [6.45, 7) is 1.78. The Balaban J connectivity index is 2.67. The molecule has 2 nitrogen and oxygen atoms in total. The number of methoxy groups -OCH3 is 1. The van der Waals surface area contributed by atoms with Crippen LogP contribution in [0.4, 0.5) is 8.78 Å². The molecule has 0 bridgehead atoms. The molecular weight excluding hydrogens is 224 g/mol. The van der Waals surface area contributed by atoms with E-state index in [1.807, 2.05) is 0 Å². The van der Waals surface area contributed by atoms with Crippen LogP contribution in [0.5, 0.6) is 5.75 Å². The molecule has 0 spiro atoms. The van der Waals surface area contributed by atoms with Gasteiger partial charge in [0.2, 0.25) is 0 Å². The first-order chi connectivity index (χ1) is 8.13. The first kappa shape index (κ1) is 11.5. The number of aryl methyl sites for hydroxylation is 1. The van der Waals surface area contributed by atoms with Gasteiger partial charge >= 0.3 is 0 Å². The topological polar surface area (TPSA) is 22.1 Å². The number of aromatic nitrogens is 1. The summed E-state index contributed by atoms with van der Waals surface area (Å²) < 4.78 is 31.9. The predicted octanol–water partition coefficient (Wildman–Crippen LogP) is 3.34. The molecule has 4 heteroatoms. The van der Waals surface area contributed by atoms with Crippen LogP contribution in [0.2, 0.25) is 0 Å². The average molecular weight is 235 g/mol. The van der Waals surface area contributed by atoms with Gasteiger partial charge in [-0.2, -0.15) is 0 Å². The van der Waals surface area contributed by atoms with Gasteiger partial charge in [0.15, 0.2) is 11.6 Å². The van der Waals surface area contributed by atoms with E-state index in [2.05, 4.69) is 4.98 Å². The second-order valence-corrected chi connectivity index (χ2v) is 3.60. The van der Waals surface area contributed by atoms with Gasteiger partial charge in [0.1, 0.15) is 11.4 Å². The molecule has 2 aromatic rings. The normalized spacial score (nSPS) is 10.4. The second kappa shape index (κ2) is 4.49. The molecular formula is C13H11F2NO. The molecule has 0 aliphatic rings. The SMILES string of the molecule is COc1ccc(C)nc1-c1cccc(F)c1F. The maximum Gasteiger partial charge on any atom is 0.168 e. The van der Waals surface area contributed by atoms with E-state index in [0.29, 0.717) is 17.1 Å². The molecule has 17 heavy (non-hydrogen) atoms. The molecule has 1 heterocycles. The van der Waals surface area contributed by atoms with Crippen molar-refractivity contribution in [2.75, 3.05) is 7.11 Å². The third kappa shape index (κ3) is 2.11. The summed E-state index contributed by atoms with van der Waals surface area (Å²) in [7, 11) is 1.47. The number of nitrogens with zero attached hydrogens (tertiary/aromatic N) is 1. The third-order valence-corrected chi connectivity index (χ3v) is 2.42. The van der Waals surface area contributed by atoms with Crippen molar-refractivity contribution in [2.45, 2.75) is 6.92 Å². The monoisotopic (exact) mass is 235 g/mol. The van der Waals surface area contributed by atoms with Crippen LogP contribution in [0, 0.1) is 18.6 Å². The van der Waals surface area contributed by atoms with E-state index in [9.17, 15) is 8.78 Å². The number of benzene rings is 1. The van der Waals surface area contributed by atoms with E-state index in [0.717, 1.165) is 6.07 Å². The minimum Gasteiger partial charge on any atom is -0.494 e. The van der Waals surface area contributed by atoms with E-state index in [4.69, 9.17) is 4.74 Å². The minimum absolute atomic E-state index is 0.102. The van der Waals surface area contributed by atoms with Crippen LogP contribution < -0.4 is 4.74 Å². The molecule has 88 valence electrons. The predicted molar refractivity (Wildman–Crippen MR) is 60.9 cm³/mol. The van der Waals surface area contributed by atoms with Crippen LogP contribution in [-0.4, -0.2) is 12.1 Å². The summed E-state index contributed by atoms with van der Waals surface area (Å²) >= 11 is 0. The van der Waals surface area contributed by atoms with Crippen molar-refractivity contribution in [1.29, 1.82) is 0 Å². The Morgan fingerprint density at radius 2 is 1.88 bits per heavy atom. The quantitative estimate of drug-likeness (QED) is 0.796. The lowest BCUT2D eigenvalue weighted by Gasteiger charge is -2.09. The first-order valence-corrected chi connectivity index (χ1v) is 5.09. The molecule has 2 rings (SSSR count). The molecule has 0 unspecified atom stereocenters. The number of halogens is 2. The Kier molecular flexibility index (Phi) is 3.04. The highest BCUT2D eigenvalue weighted by Crippen LogP contribution is 2.30. The number of ether oxygens (including phenoxy) is 1. The summed E-state index contributed by atoms with van der Waals surface area (Å²) in [5, 5.41) is 0. The molecule has 0 radical (unpaired) electrons. The van der Waals surface area contributed by atoms with Gasteiger partial charge in [0.25, 0.3) is 0 Å². The number of hydrogen-bond acceptors (Lipinski definition) is 2. The van der Waals surface area contributed by atoms with Crippen LogP contribution in [-0.2, 0) is 0 Å². The molecule has 0 saturated carbocycles. The largest absolute Gasteiger partial charge is 0.494 e. The van der Waals surface area contributed by atoms with Crippen molar-refractivity contribution in [3.63, 3.8) is 0 Å². The zero-order valence-electron chi connectivity index (χ0n) is 9.50. The molecule has 0 atom stereocenters. The Morgan fingerprint density at radius 1 is 1.12 bits per heavy atom. The fraction of sp³-hybridized carbons (Fsp3) is 0.154. The molecule has 0 saturated heterocycles. The van der Waals surface area contributed by atoms with E-state index in [1.165, 1.54) is 19.2 Å². The van der Waals surface area contributed by atoms with Gasteiger partial charge in [-0.3, -0.25) is 0 Å². The van der Waals surface area contributed by atoms with Crippen molar-refractivity contribution in [1.82, 2.24) is 4.98 Å². The molecule has 1 aromatic carbocycles. The van der Waals surface area contributed by atoms with Gasteiger partial charge < -0.3 is 4.74 Å². The lowest BCUT2D eigenvalue weighted by Crippen LogP contribution is -1.96. The van der Waals surface area contributed by atoms with Gasteiger partial charge in [0.05, 0.1) is 7.11 Å². The summed E-state index contributed by atoms with van der Waals surface area (Å²) in [4.78, 5) is 4.18. The van der Waals surface area contributed by atoms with Crippen molar-refractivity contribution in [3.05, 3.63) is 47.7 Å². The zero-order valence-corrected chi connectivity index (χ0v) is 9.50. The standard InChI is InChI=1S/C13H11F2NO/c1-8-6-7-11(17-2)13(16-8)9-4-3-5-10(14)12(9)15/h3-7H,1-2H3. The fourth-order valence-corrected chi connectivity index (χ4v) is 1.59. The average Bonchev–Trinajstić information content (AvgIpc) is 2.33. The van der Waals surface area contributed by atoms with Gasteiger partial charge in [-0.1, -0.05) is 6.07 Å². The highest BCUT2D eigenvalue weighted by Gasteiger charge is 2.15. The van der Waals surface area contributed by atoms with Gasteiger partial charge in [0, 0.05) is 11.3 Å². The third-order valence-electron chi connectivity index (χ3n) is 2.42. The van der Waals surface area contributed by atoms with Gasteiger partial charge in [-0.05, 0) is 31.2 Å². The highest BCUT2D eigenvalue weighted by atomic mass is 19.2. The number of pyridine rings is 1. The maximum atomic E-state index is 13.7. The van der Waals surface area contributed by atoms with Gasteiger partial charge in [-0.15, -0.1) is 0 Å². The fourth-order valence-electron chi connectivity index (χ4n) is 1.59. The summed E-state index contributed by atoms with van der Waals surface area (Å²) in [5.41, 5.74) is 1.12. The summed E-state index contributed by atoms with van der Waals surface area (Å²) in [6.07, 6.45) is 0. The Labute approximate surface area is 97.9 Å². The van der Waals surface area contributed by atoms with Crippen LogP contribution >= 0.6 is 0 Å². The maximum absolute atomic E-state index is 13.7. The summed E-state index contributed by atoms with van der Waals surface area (Å²) in [6, 6.07) is 7.42. The van der Waals surface area contributed by atoms with Crippen LogP contribution in [0.1, 0.15) is 5.69 Å². The Bertz CT molecular complexity index is 555. The molecule has 0 amide bonds. The Hall–Kier alpha value is -1.97.